The number of aryl methyl sites for hydroxylation is 1. The molecule has 0 unspecified atom stereocenters. The van der Waals surface area contributed by atoms with Gasteiger partial charge in [-0.1, -0.05) is 20.8 Å². The van der Waals surface area contributed by atoms with Crippen LogP contribution >= 0.6 is 0 Å². The van der Waals surface area contributed by atoms with Gasteiger partial charge in [0.1, 0.15) is 4.90 Å². The SMILES string of the molecule is CCNCc1n[nH]c(C)c1S(=O)(=O)N(C)CCC(C)C. The van der Waals surface area contributed by atoms with E-state index in [2.05, 4.69) is 29.4 Å². The highest BCUT2D eigenvalue weighted by Gasteiger charge is 2.28. The number of aromatic nitrogens is 2. The van der Waals surface area contributed by atoms with Gasteiger partial charge in [0, 0.05) is 20.1 Å². The number of hydrogen-bond acceptors (Lipinski definition) is 4. The third-order valence-corrected chi connectivity index (χ3v) is 5.25. The summed E-state index contributed by atoms with van der Waals surface area (Å²) in [6, 6.07) is 0. The summed E-state index contributed by atoms with van der Waals surface area (Å²) < 4.78 is 26.7. The minimum Gasteiger partial charge on any atom is -0.311 e. The maximum Gasteiger partial charge on any atom is 0.246 e. The quantitative estimate of drug-likeness (QED) is 0.763. The Morgan fingerprint density at radius 2 is 2.05 bits per heavy atom. The van der Waals surface area contributed by atoms with E-state index >= 15 is 0 Å². The summed E-state index contributed by atoms with van der Waals surface area (Å²) in [6.07, 6.45) is 0.842. The highest BCUT2D eigenvalue weighted by molar-refractivity contribution is 7.89. The van der Waals surface area contributed by atoms with Gasteiger partial charge in [0.2, 0.25) is 10.0 Å². The van der Waals surface area contributed by atoms with Crippen LogP contribution in [-0.2, 0) is 16.6 Å². The lowest BCUT2D eigenvalue weighted by atomic mass is 10.1. The van der Waals surface area contributed by atoms with Crippen molar-refractivity contribution in [3.63, 3.8) is 0 Å². The molecule has 7 heteroatoms. The fraction of sp³-hybridized carbons (Fsp3) is 0.769. The van der Waals surface area contributed by atoms with Crippen LogP contribution in [0.4, 0.5) is 0 Å². The first kappa shape index (κ1) is 17.1. The molecule has 1 aromatic heterocycles. The van der Waals surface area contributed by atoms with E-state index in [0.717, 1.165) is 13.0 Å². The van der Waals surface area contributed by atoms with E-state index in [1.54, 1.807) is 14.0 Å². The van der Waals surface area contributed by atoms with Gasteiger partial charge in [-0.3, -0.25) is 5.10 Å². The fourth-order valence-corrected chi connectivity index (χ4v) is 3.40. The molecule has 0 aromatic carbocycles. The number of nitrogens with one attached hydrogen (secondary N) is 2. The van der Waals surface area contributed by atoms with Crippen LogP contribution in [0, 0.1) is 12.8 Å². The number of nitrogens with zero attached hydrogens (tertiary/aromatic N) is 2. The monoisotopic (exact) mass is 302 g/mol. The molecule has 0 atom stereocenters. The smallest absolute Gasteiger partial charge is 0.246 e. The third-order valence-electron chi connectivity index (χ3n) is 3.19. The number of hydrogen-bond donors (Lipinski definition) is 2. The van der Waals surface area contributed by atoms with Crippen molar-refractivity contribution < 1.29 is 8.42 Å². The standard InChI is InChI=1S/C13H26N4O2S/c1-6-14-9-12-13(11(4)15-16-12)20(18,19)17(5)8-7-10(2)3/h10,14H,6-9H2,1-5H3,(H,15,16). The summed E-state index contributed by atoms with van der Waals surface area (Å²) in [5, 5.41) is 9.99. The molecule has 0 aliphatic carbocycles. The maximum absolute atomic E-state index is 12.6. The molecular formula is C13H26N4O2S. The molecule has 0 saturated carbocycles. The second-order valence-corrected chi connectivity index (χ2v) is 7.40. The predicted molar refractivity (Wildman–Crippen MR) is 80.0 cm³/mol. The first-order valence-corrected chi connectivity index (χ1v) is 8.45. The zero-order valence-corrected chi connectivity index (χ0v) is 13.8. The summed E-state index contributed by atoms with van der Waals surface area (Å²) in [5.74, 6) is 0.472. The van der Waals surface area contributed by atoms with Crippen LogP contribution in [0.3, 0.4) is 0 Å². The molecule has 0 amide bonds. The third kappa shape index (κ3) is 4.04. The van der Waals surface area contributed by atoms with Crippen molar-refractivity contribution in [1.82, 2.24) is 19.8 Å². The number of rotatable bonds is 8. The Kier molecular flexibility index (Phi) is 6.16. The Bertz CT molecular complexity index is 522. The van der Waals surface area contributed by atoms with E-state index in [4.69, 9.17) is 0 Å². The van der Waals surface area contributed by atoms with Gasteiger partial charge in [-0.2, -0.15) is 5.10 Å². The van der Waals surface area contributed by atoms with Gasteiger partial charge in [-0.05, 0) is 25.8 Å². The van der Waals surface area contributed by atoms with E-state index in [1.807, 2.05) is 6.92 Å². The highest BCUT2D eigenvalue weighted by atomic mass is 32.2. The molecule has 0 bridgehead atoms. The lowest BCUT2D eigenvalue weighted by molar-refractivity contribution is 0.427. The molecule has 0 fully saturated rings. The van der Waals surface area contributed by atoms with Crippen molar-refractivity contribution in [2.75, 3.05) is 20.1 Å². The Morgan fingerprint density at radius 1 is 1.40 bits per heavy atom. The van der Waals surface area contributed by atoms with Gasteiger partial charge >= 0.3 is 0 Å². The molecule has 0 aliphatic heterocycles. The Hall–Kier alpha value is -0.920. The van der Waals surface area contributed by atoms with Crippen LogP contribution in [0.1, 0.15) is 38.6 Å². The van der Waals surface area contributed by atoms with Crippen molar-refractivity contribution in [1.29, 1.82) is 0 Å². The molecule has 0 radical (unpaired) electrons. The topological polar surface area (TPSA) is 78.1 Å². The number of aromatic amines is 1. The van der Waals surface area contributed by atoms with E-state index in [0.29, 0.717) is 35.3 Å². The molecule has 116 valence electrons. The maximum atomic E-state index is 12.6. The molecule has 1 heterocycles. The van der Waals surface area contributed by atoms with Gasteiger partial charge < -0.3 is 5.32 Å². The molecule has 0 spiro atoms. The van der Waals surface area contributed by atoms with Gasteiger partial charge in [0.05, 0.1) is 11.4 Å². The fourth-order valence-electron chi connectivity index (χ4n) is 1.89. The van der Waals surface area contributed by atoms with Gasteiger partial charge in [0.25, 0.3) is 0 Å². The number of sulfonamides is 1. The second kappa shape index (κ2) is 7.19. The van der Waals surface area contributed by atoms with E-state index < -0.39 is 10.0 Å². The van der Waals surface area contributed by atoms with Crippen LogP contribution in [-0.4, -0.2) is 43.1 Å². The summed E-state index contributed by atoms with van der Waals surface area (Å²) in [7, 11) is -1.86. The zero-order chi connectivity index (χ0) is 15.3. The zero-order valence-electron chi connectivity index (χ0n) is 13.0. The predicted octanol–water partition coefficient (Wildman–Crippen LogP) is 1.49. The summed E-state index contributed by atoms with van der Waals surface area (Å²) in [5.41, 5.74) is 1.15. The number of H-pyrrole nitrogens is 1. The minimum absolute atomic E-state index is 0.310. The molecule has 1 rings (SSSR count). The average Bonchev–Trinajstić information content (AvgIpc) is 2.75. The lowest BCUT2D eigenvalue weighted by Crippen LogP contribution is -2.30. The highest BCUT2D eigenvalue weighted by Crippen LogP contribution is 2.21. The molecule has 0 saturated heterocycles. The van der Waals surface area contributed by atoms with Crippen molar-refractivity contribution in [2.45, 2.75) is 45.6 Å². The first-order chi connectivity index (χ1) is 9.30. The average molecular weight is 302 g/mol. The van der Waals surface area contributed by atoms with Crippen LogP contribution < -0.4 is 5.32 Å². The summed E-state index contributed by atoms with van der Waals surface area (Å²) in [6.45, 7) is 9.63. The van der Waals surface area contributed by atoms with Crippen molar-refractivity contribution >= 4 is 10.0 Å². The normalized spacial score (nSPS) is 12.6. The van der Waals surface area contributed by atoms with Crippen LogP contribution in [0.5, 0.6) is 0 Å². The molecule has 20 heavy (non-hydrogen) atoms. The van der Waals surface area contributed by atoms with Crippen molar-refractivity contribution in [2.24, 2.45) is 5.92 Å². The van der Waals surface area contributed by atoms with Gasteiger partial charge in [0.15, 0.2) is 0 Å². The van der Waals surface area contributed by atoms with Crippen LogP contribution in [0.15, 0.2) is 4.90 Å². The van der Waals surface area contributed by atoms with Crippen LogP contribution in [0.2, 0.25) is 0 Å². The Labute approximate surface area is 122 Å². The van der Waals surface area contributed by atoms with Crippen LogP contribution in [0.25, 0.3) is 0 Å². The van der Waals surface area contributed by atoms with E-state index in [1.165, 1.54) is 4.31 Å². The summed E-state index contributed by atoms with van der Waals surface area (Å²) >= 11 is 0. The molecule has 6 nitrogen and oxygen atoms in total. The molecule has 2 N–H and O–H groups in total. The lowest BCUT2D eigenvalue weighted by Gasteiger charge is -2.18. The Morgan fingerprint density at radius 3 is 2.60 bits per heavy atom. The minimum atomic E-state index is -3.48. The van der Waals surface area contributed by atoms with Gasteiger partial charge in [-0.15, -0.1) is 0 Å². The summed E-state index contributed by atoms with van der Waals surface area (Å²) in [4.78, 5) is 0.310. The molecular weight excluding hydrogens is 276 g/mol. The first-order valence-electron chi connectivity index (χ1n) is 7.01. The Balaban J connectivity index is 2.99. The molecule has 1 aromatic rings. The van der Waals surface area contributed by atoms with Crippen molar-refractivity contribution in [3.05, 3.63) is 11.4 Å². The van der Waals surface area contributed by atoms with E-state index in [9.17, 15) is 8.42 Å². The second-order valence-electron chi connectivity index (χ2n) is 5.41. The largest absolute Gasteiger partial charge is 0.311 e. The molecule has 0 aliphatic rings. The van der Waals surface area contributed by atoms with Gasteiger partial charge in [-0.25, -0.2) is 12.7 Å². The van der Waals surface area contributed by atoms with Crippen molar-refractivity contribution in [3.8, 4) is 0 Å². The van der Waals surface area contributed by atoms with E-state index in [-0.39, 0.29) is 0 Å².